The molecule has 4 N–H and O–H groups in total. The molecule has 0 aliphatic heterocycles. The normalized spacial score (nSPS) is 10.7. The maximum atomic E-state index is 11.8. The Kier molecular flexibility index (Phi) is 5.60. The Labute approximate surface area is 155 Å². The predicted octanol–water partition coefficient (Wildman–Crippen LogP) is 3.91. The Balaban J connectivity index is 1.77. The Morgan fingerprint density at radius 3 is 2.92 bits per heavy atom. The lowest BCUT2D eigenvalue weighted by Gasteiger charge is -2.11. The molecule has 3 rings (SSSR count). The number of hydrogen-bond donors (Lipinski definition) is 3. The number of carbonyl (C=O) groups excluding carboxylic acids is 1. The molecule has 2 aromatic carbocycles. The fourth-order valence-electron chi connectivity index (χ4n) is 2.43. The van der Waals surface area contributed by atoms with Gasteiger partial charge in [0.15, 0.2) is 5.58 Å². The third-order valence-electron chi connectivity index (χ3n) is 3.68. The minimum Gasteiger partial charge on any atom is -0.494 e. The average Bonchev–Trinajstić information content (AvgIpc) is 3.02. The summed E-state index contributed by atoms with van der Waals surface area (Å²) < 4.78 is 11.0. The van der Waals surface area contributed by atoms with Crippen molar-refractivity contribution >= 4 is 46.0 Å². The first-order chi connectivity index (χ1) is 12.6. The standard InChI is InChI=1S/C18H19ClN4O3/c1-25-16-10-12(21-17(24)3-2-8-20)5-6-13(16)22-18-23-14-9-11(19)4-7-15(14)26-18/h4-7,9-10H,2-3,8,20H2,1H3,(H,21,24)(H,22,23). The SMILES string of the molecule is COc1cc(NC(=O)CCCN)ccc1Nc1nc2cc(Cl)ccc2o1. The number of ether oxygens (including phenoxy) is 1. The van der Waals surface area contributed by atoms with Crippen molar-refractivity contribution in [3.63, 3.8) is 0 Å². The topological polar surface area (TPSA) is 102 Å². The summed E-state index contributed by atoms with van der Waals surface area (Å²) in [5, 5.41) is 6.47. The van der Waals surface area contributed by atoms with Gasteiger partial charge in [0.1, 0.15) is 11.3 Å². The second-order valence-corrected chi connectivity index (χ2v) is 6.05. The van der Waals surface area contributed by atoms with Gasteiger partial charge in [0.05, 0.1) is 12.8 Å². The molecule has 0 bridgehead atoms. The molecule has 26 heavy (non-hydrogen) atoms. The quantitative estimate of drug-likeness (QED) is 0.579. The van der Waals surface area contributed by atoms with Gasteiger partial charge in [0, 0.05) is 23.2 Å². The summed E-state index contributed by atoms with van der Waals surface area (Å²) in [6, 6.07) is 10.8. The minimum atomic E-state index is -0.0889. The molecular formula is C18H19ClN4O3. The van der Waals surface area contributed by atoms with Crippen LogP contribution in [0.15, 0.2) is 40.8 Å². The number of halogens is 1. The van der Waals surface area contributed by atoms with Crippen molar-refractivity contribution in [2.75, 3.05) is 24.3 Å². The highest BCUT2D eigenvalue weighted by atomic mass is 35.5. The Morgan fingerprint density at radius 2 is 2.15 bits per heavy atom. The zero-order chi connectivity index (χ0) is 18.5. The third-order valence-corrected chi connectivity index (χ3v) is 3.92. The van der Waals surface area contributed by atoms with Crippen LogP contribution >= 0.6 is 11.6 Å². The highest BCUT2D eigenvalue weighted by molar-refractivity contribution is 6.31. The minimum absolute atomic E-state index is 0.0889. The molecule has 8 heteroatoms. The lowest BCUT2D eigenvalue weighted by molar-refractivity contribution is -0.116. The third kappa shape index (κ3) is 4.25. The van der Waals surface area contributed by atoms with Crippen LogP contribution in [0.3, 0.4) is 0 Å². The first kappa shape index (κ1) is 18.0. The van der Waals surface area contributed by atoms with Gasteiger partial charge in [-0.3, -0.25) is 4.79 Å². The smallest absolute Gasteiger partial charge is 0.300 e. The van der Waals surface area contributed by atoms with E-state index >= 15 is 0 Å². The van der Waals surface area contributed by atoms with Gasteiger partial charge in [-0.25, -0.2) is 0 Å². The lowest BCUT2D eigenvalue weighted by atomic mass is 10.2. The summed E-state index contributed by atoms with van der Waals surface area (Å²) in [7, 11) is 1.55. The summed E-state index contributed by atoms with van der Waals surface area (Å²) in [4.78, 5) is 16.2. The summed E-state index contributed by atoms with van der Waals surface area (Å²) in [6.45, 7) is 0.481. The number of fused-ring (bicyclic) bond motifs is 1. The number of methoxy groups -OCH3 is 1. The van der Waals surface area contributed by atoms with Gasteiger partial charge in [0.2, 0.25) is 5.91 Å². The number of nitrogens with two attached hydrogens (primary N) is 1. The molecule has 0 unspecified atom stereocenters. The molecule has 0 aliphatic rings. The van der Waals surface area contributed by atoms with Gasteiger partial charge in [-0.1, -0.05) is 11.6 Å². The van der Waals surface area contributed by atoms with E-state index in [1.165, 1.54) is 0 Å². The van der Waals surface area contributed by atoms with Crippen molar-refractivity contribution in [3.05, 3.63) is 41.4 Å². The molecule has 0 fully saturated rings. The van der Waals surface area contributed by atoms with Crippen LogP contribution in [0.1, 0.15) is 12.8 Å². The number of rotatable bonds is 7. The fourth-order valence-corrected chi connectivity index (χ4v) is 2.59. The number of nitrogens with zero attached hydrogens (tertiary/aromatic N) is 1. The van der Waals surface area contributed by atoms with Crippen molar-refractivity contribution in [1.29, 1.82) is 0 Å². The molecule has 7 nitrogen and oxygen atoms in total. The summed E-state index contributed by atoms with van der Waals surface area (Å²) in [5.41, 5.74) is 7.99. The number of anilines is 3. The van der Waals surface area contributed by atoms with E-state index in [0.717, 1.165) is 0 Å². The fraction of sp³-hybridized carbons (Fsp3) is 0.222. The number of amides is 1. The summed E-state index contributed by atoms with van der Waals surface area (Å²) in [5.74, 6) is 0.455. The Morgan fingerprint density at radius 1 is 1.31 bits per heavy atom. The van der Waals surface area contributed by atoms with E-state index < -0.39 is 0 Å². The zero-order valence-electron chi connectivity index (χ0n) is 14.2. The van der Waals surface area contributed by atoms with E-state index in [1.54, 1.807) is 43.5 Å². The van der Waals surface area contributed by atoms with Crippen molar-refractivity contribution in [2.24, 2.45) is 5.73 Å². The maximum Gasteiger partial charge on any atom is 0.300 e. The number of aromatic nitrogens is 1. The van der Waals surface area contributed by atoms with Gasteiger partial charge in [-0.05, 0) is 43.3 Å². The zero-order valence-corrected chi connectivity index (χ0v) is 15.0. The molecule has 1 heterocycles. The highest BCUT2D eigenvalue weighted by Gasteiger charge is 2.11. The van der Waals surface area contributed by atoms with Crippen LogP contribution in [0.25, 0.3) is 11.1 Å². The molecule has 0 spiro atoms. The monoisotopic (exact) mass is 374 g/mol. The van der Waals surface area contributed by atoms with E-state index in [1.807, 2.05) is 0 Å². The van der Waals surface area contributed by atoms with E-state index in [9.17, 15) is 4.79 Å². The van der Waals surface area contributed by atoms with Gasteiger partial charge in [0.25, 0.3) is 6.01 Å². The largest absolute Gasteiger partial charge is 0.494 e. The van der Waals surface area contributed by atoms with E-state index in [0.29, 0.717) is 58.6 Å². The summed E-state index contributed by atoms with van der Waals surface area (Å²) >= 11 is 5.96. The van der Waals surface area contributed by atoms with Crippen molar-refractivity contribution in [3.8, 4) is 5.75 Å². The van der Waals surface area contributed by atoms with Gasteiger partial charge in [-0.15, -0.1) is 0 Å². The van der Waals surface area contributed by atoms with Crippen LogP contribution in [0.4, 0.5) is 17.4 Å². The first-order valence-corrected chi connectivity index (χ1v) is 8.48. The van der Waals surface area contributed by atoms with Gasteiger partial charge >= 0.3 is 0 Å². The molecular weight excluding hydrogens is 356 g/mol. The van der Waals surface area contributed by atoms with E-state index in [2.05, 4.69) is 15.6 Å². The molecule has 3 aromatic rings. The number of nitrogens with one attached hydrogen (secondary N) is 2. The number of hydrogen-bond acceptors (Lipinski definition) is 6. The second kappa shape index (κ2) is 8.07. The van der Waals surface area contributed by atoms with Crippen LogP contribution in [-0.2, 0) is 4.79 Å². The number of benzene rings is 2. The average molecular weight is 375 g/mol. The molecule has 0 radical (unpaired) electrons. The molecule has 1 amide bonds. The second-order valence-electron chi connectivity index (χ2n) is 5.61. The van der Waals surface area contributed by atoms with Crippen molar-refractivity contribution < 1.29 is 13.9 Å². The molecule has 0 atom stereocenters. The van der Waals surface area contributed by atoms with Crippen LogP contribution in [0.5, 0.6) is 5.75 Å². The van der Waals surface area contributed by atoms with E-state index in [4.69, 9.17) is 26.5 Å². The maximum absolute atomic E-state index is 11.8. The van der Waals surface area contributed by atoms with E-state index in [-0.39, 0.29) is 5.91 Å². The highest BCUT2D eigenvalue weighted by Crippen LogP contribution is 2.32. The van der Waals surface area contributed by atoms with Crippen LogP contribution in [0, 0.1) is 0 Å². The van der Waals surface area contributed by atoms with Crippen LogP contribution < -0.4 is 21.1 Å². The van der Waals surface area contributed by atoms with Gasteiger partial charge < -0.3 is 25.5 Å². The molecule has 1 aromatic heterocycles. The van der Waals surface area contributed by atoms with Crippen molar-refractivity contribution in [2.45, 2.75) is 12.8 Å². The van der Waals surface area contributed by atoms with Crippen molar-refractivity contribution in [1.82, 2.24) is 4.98 Å². The van der Waals surface area contributed by atoms with Crippen LogP contribution in [0.2, 0.25) is 5.02 Å². The lowest BCUT2D eigenvalue weighted by Crippen LogP contribution is -2.13. The number of carbonyl (C=O) groups is 1. The van der Waals surface area contributed by atoms with Gasteiger partial charge in [-0.2, -0.15) is 4.98 Å². The summed E-state index contributed by atoms with van der Waals surface area (Å²) in [6.07, 6.45) is 1.02. The molecule has 0 aliphatic carbocycles. The Hall–Kier alpha value is -2.77. The predicted molar refractivity (Wildman–Crippen MR) is 102 cm³/mol. The Bertz CT molecular complexity index is 926. The molecule has 0 saturated heterocycles. The number of oxazole rings is 1. The first-order valence-electron chi connectivity index (χ1n) is 8.10. The molecule has 136 valence electrons. The van der Waals surface area contributed by atoms with Crippen LogP contribution in [-0.4, -0.2) is 24.5 Å². The molecule has 0 saturated carbocycles.